The molecule has 1 saturated heterocycles. The molecule has 0 aliphatic carbocycles. The number of carbonyl (C=O) groups excluding carboxylic acids is 2. The minimum atomic E-state index is -0.477. The average Bonchev–Trinajstić information content (AvgIpc) is 2.74. The third kappa shape index (κ3) is 3.81. The van der Waals surface area contributed by atoms with Gasteiger partial charge in [-0.3, -0.25) is 14.3 Å². The molecule has 10 nitrogen and oxygen atoms in total. The van der Waals surface area contributed by atoms with Crippen molar-refractivity contribution in [3.8, 4) is 11.5 Å². The molecule has 2 aromatic rings. The second-order valence-electron chi connectivity index (χ2n) is 7.14. The maximum Gasteiger partial charge on any atom is 0.414 e. The van der Waals surface area contributed by atoms with Crippen molar-refractivity contribution in [3.05, 3.63) is 58.0 Å². The Bertz CT molecular complexity index is 1020. The molecular weight excluding hydrogens is 392 g/mol. The first-order chi connectivity index (χ1) is 14.4. The minimum Gasteiger partial charge on any atom is -0.482 e. The van der Waals surface area contributed by atoms with E-state index in [9.17, 15) is 14.4 Å². The highest BCUT2D eigenvalue weighted by atomic mass is 16.6. The molecule has 10 heteroatoms. The Morgan fingerprint density at radius 1 is 1.23 bits per heavy atom. The summed E-state index contributed by atoms with van der Waals surface area (Å²) in [7, 11) is 3.19. The molecule has 1 aromatic carbocycles. The third-order valence-electron chi connectivity index (χ3n) is 4.81. The van der Waals surface area contributed by atoms with Crippen LogP contribution in [-0.2, 0) is 11.3 Å². The molecule has 4 rings (SSSR count). The summed E-state index contributed by atoms with van der Waals surface area (Å²) >= 11 is 0. The van der Waals surface area contributed by atoms with Crippen LogP contribution in [0.5, 0.6) is 11.5 Å². The van der Waals surface area contributed by atoms with Crippen LogP contribution in [0.3, 0.4) is 0 Å². The molecule has 1 fully saturated rings. The topological polar surface area (TPSA) is 102 Å². The lowest BCUT2D eigenvalue weighted by molar-refractivity contribution is -0.00327. The highest BCUT2D eigenvalue weighted by Gasteiger charge is 2.36. The first-order valence-electron chi connectivity index (χ1n) is 9.46. The number of fused-ring (bicyclic) bond motifs is 2. The van der Waals surface area contributed by atoms with Crippen molar-refractivity contribution in [2.45, 2.75) is 12.8 Å². The average molecular weight is 414 g/mol. The lowest BCUT2D eigenvalue weighted by Crippen LogP contribution is -2.59. The standard InChI is InChI=1S/C20H22N4O6/c1-22(2)20(27)30-14-5-3-13(4-6-14)11-29-18-15(25)7-8-24-17(18)19(26)23-9-10-28-12-16(23)21-24/h3-8,16,21H,9-12H2,1-2H3/t16-/m0/s1. The Morgan fingerprint density at radius 2 is 2.00 bits per heavy atom. The highest BCUT2D eigenvalue weighted by Crippen LogP contribution is 2.23. The number of rotatable bonds is 4. The van der Waals surface area contributed by atoms with Crippen molar-refractivity contribution >= 4 is 12.0 Å². The van der Waals surface area contributed by atoms with E-state index in [1.165, 1.54) is 21.8 Å². The maximum atomic E-state index is 13.0. The monoisotopic (exact) mass is 414 g/mol. The van der Waals surface area contributed by atoms with Crippen LogP contribution in [0.25, 0.3) is 0 Å². The summed E-state index contributed by atoms with van der Waals surface area (Å²) < 4.78 is 17.9. The van der Waals surface area contributed by atoms with E-state index in [4.69, 9.17) is 14.2 Å². The third-order valence-corrected chi connectivity index (χ3v) is 4.81. The Morgan fingerprint density at radius 3 is 2.73 bits per heavy atom. The van der Waals surface area contributed by atoms with Crippen molar-refractivity contribution in [2.24, 2.45) is 0 Å². The van der Waals surface area contributed by atoms with Crippen LogP contribution in [-0.4, -0.2) is 66.5 Å². The van der Waals surface area contributed by atoms with Crippen LogP contribution >= 0.6 is 0 Å². The van der Waals surface area contributed by atoms with Gasteiger partial charge in [-0.05, 0) is 17.7 Å². The number of carbonyl (C=O) groups is 2. The molecule has 0 bridgehead atoms. The van der Waals surface area contributed by atoms with Gasteiger partial charge in [0.15, 0.2) is 11.4 Å². The summed E-state index contributed by atoms with van der Waals surface area (Å²) in [5.41, 5.74) is 3.70. The fourth-order valence-electron chi connectivity index (χ4n) is 3.22. The zero-order valence-corrected chi connectivity index (χ0v) is 16.7. The van der Waals surface area contributed by atoms with E-state index in [0.717, 1.165) is 5.56 Å². The molecule has 3 heterocycles. The van der Waals surface area contributed by atoms with E-state index >= 15 is 0 Å². The van der Waals surface area contributed by atoms with Crippen LogP contribution in [0.2, 0.25) is 0 Å². The van der Waals surface area contributed by atoms with Gasteiger partial charge >= 0.3 is 6.09 Å². The van der Waals surface area contributed by atoms with Gasteiger partial charge in [-0.15, -0.1) is 0 Å². The van der Waals surface area contributed by atoms with E-state index in [2.05, 4.69) is 5.43 Å². The molecule has 0 spiro atoms. The van der Waals surface area contributed by atoms with Gasteiger partial charge in [-0.25, -0.2) is 4.79 Å². The van der Waals surface area contributed by atoms with Gasteiger partial charge in [0.05, 0.1) is 13.2 Å². The molecule has 0 unspecified atom stereocenters. The molecular formula is C20H22N4O6. The number of morpholine rings is 1. The number of benzene rings is 1. The van der Waals surface area contributed by atoms with Gasteiger partial charge in [-0.1, -0.05) is 12.1 Å². The zero-order valence-electron chi connectivity index (χ0n) is 16.7. The van der Waals surface area contributed by atoms with E-state index in [1.54, 1.807) is 43.3 Å². The summed E-state index contributed by atoms with van der Waals surface area (Å²) in [6.07, 6.45) is 0.754. The van der Waals surface area contributed by atoms with Gasteiger partial charge in [0.1, 0.15) is 18.5 Å². The number of nitrogens with one attached hydrogen (secondary N) is 1. The Hall–Kier alpha value is -3.53. The maximum absolute atomic E-state index is 13.0. The molecule has 2 aliphatic heterocycles. The fourth-order valence-corrected chi connectivity index (χ4v) is 3.22. The number of pyridine rings is 1. The Labute approximate surface area is 172 Å². The van der Waals surface area contributed by atoms with E-state index < -0.39 is 6.09 Å². The normalized spacial score (nSPS) is 17.5. The van der Waals surface area contributed by atoms with Gasteiger partial charge < -0.3 is 29.4 Å². The number of ether oxygens (including phenoxy) is 3. The van der Waals surface area contributed by atoms with Crippen LogP contribution in [0.1, 0.15) is 16.1 Å². The van der Waals surface area contributed by atoms with Crippen LogP contribution in [0.15, 0.2) is 41.3 Å². The molecule has 1 atom stereocenters. The van der Waals surface area contributed by atoms with Crippen molar-refractivity contribution in [3.63, 3.8) is 0 Å². The number of aromatic nitrogens is 1. The van der Waals surface area contributed by atoms with Gasteiger partial charge in [0, 0.05) is 32.9 Å². The lowest BCUT2D eigenvalue weighted by atomic mass is 10.2. The highest BCUT2D eigenvalue weighted by molar-refractivity contribution is 5.96. The van der Waals surface area contributed by atoms with Crippen LogP contribution in [0, 0.1) is 0 Å². The van der Waals surface area contributed by atoms with Gasteiger partial charge in [0.25, 0.3) is 5.91 Å². The SMILES string of the molecule is CN(C)C(=O)Oc1ccc(COc2c3n(ccc2=O)N[C@@H]2COCCN2C3=O)cc1. The number of nitrogens with zero attached hydrogens (tertiary/aromatic N) is 3. The zero-order chi connectivity index (χ0) is 21.3. The Balaban J connectivity index is 1.51. The van der Waals surface area contributed by atoms with Gasteiger partial charge in [0.2, 0.25) is 5.43 Å². The predicted octanol–water partition coefficient (Wildman–Crippen LogP) is 0.843. The molecule has 0 saturated carbocycles. The summed E-state index contributed by atoms with van der Waals surface area (Å²) in [4.78, 5) is 40.0. The molecule has 30 heavy (non-hydrogen) atoms. The summed E-state index contributed by atoms with van der Waals surface area (Å²) in [5, 5.41) is 0. The predicted molar refractivity (Wildman–Crippen MR) is 106 cm³/mol. The lowest BCUT2D eigenvalue weighted by Gasteiger charge is -2.41. The number of hydrogen-bond acceptors (Lipinski definition) is 7. The second-order valence-corrected chi connectivity index (χ2v) is 7.14. The molecule has 158 valence electrons. The number of hydrogen-bond donors (Lipinski definition) is 1. The van der Waals surface area contributed by atoms with Crippen LogP contribution in [0.4, 0.5) is 4.79 Å². The molecule has 1 N–H and O–H groups in total. The smallest absolute Gasteiger partial charge is 0.414 e. The molecule has 2 aliphatic rings. The van der Waals surface area contributed by atoms with Crippen molar-refractivity contribution in [1.82, 2.24) is 14.5 Å². The first-order valence-corrected chi connectivity index (χ1v) is 9.46. The Kier molecular flexibility index (Phi) is 5.32. The second kappa shape index (κ2) is 8.07. The van der Waals surface area contributed by atoms with E-state index in [0.29, 0.717) is 25.5 Å². The van der Waals surface area contributed by atoms with E-state index in [1.807, 2.05) is 0 Å². The summed E-state index contributed by atoms with van der Waals surface area (Å²) in [5.74, 6) is 0.107. The fraction of sp³-hybridized carbons (Fsp3) is 0.350. The molecule has 1 aromatic heterocycles. The van der Waals surface area contributed by atoms with Crippen molar-refractivity contribution in [1.29, 1.82) is 0 Å². The van der Waals surface area contributed by atoms with E-state index in [-0.39, 0.29) is 35.6 Å². The molecule has 0 radical (unpaired) electrons. The molecule has 2 amide bonds. The number of amides is 2. The quantitative estimate of drug-likeness (QED) is 0.791. The van der Waals surface area contributed by atoms with Crippen molar-refractivity contribution < 1.29 is 23.8 Å². The largest absolute Gasteiger partial charge is 0.482 e. The van der Waals surface area contributed by atoms with Gasteiger partial charge in [-0.2, -0.15) is 0 Å². The first kappa shape index (κ1) is 19.8. The summed E-state index contributed by atoms with van der Waals surface area (Å²) in [6.45, 7) is 1.33. The van der Waals surface area contributed by atoms with Crippen molar-refractivity contribution in [2.75, 3.05) is 39.3 Å². The van der Waals surface area contributed by atoms with Crippen LogP contribution < -0.4 is 20.3 Å². The summed E-state index contributed by atoms with van der Waals surface area (Å²) in [6, 6.07) is 8.08. The minimum absolute atomic E-state index is 0.0111.